The minimum atomic E-state index is 0.349. The summed E-state index contributed by atoms with van der Waals surface area (Å²) in [6.07, 6.45) is 0. The van der Waals surface area contributed by atoms with Gasteiger partial charge in [0.25, 0.3) is 0 Å². The molecule has 1 atom stereocenters. The van der Waals surface area contributed by atoms with Crippen molar-refractivity contribution in [3.8, 4) is 0 Å². The van der Waals surface area contributed by atoms with Gasteiger partial charge in [0.15, 0.2) is 0 Å². The second kappa shape index (κ2) is 6.69. The minimum Gasteiger partial charge on any atom is -0.306 e. The summed E-state index contributed by atoms with van der Waals surface area (Å²) in [6.45, 7) is 5.19. The van der Waals surface area contributed by atoms with E-state index in [1.165, 1.54) is 16.7 Å². The van der Waals surface area contributed by atoms with Gasteiger partial charge in [0.05, 0.1) is 0 Å². The average Bonchev–Trinajstić information content (AvgIpc) is 2.40. The van der Waals surface area contributed by atoms with E-state index in [1.54, 1.807) is 0 Å². The Kier molecular flexibility index (Phi) is 5.20. The molecule has 1 N–H and O–H groups in total. The van der Waals surface area contributed by atoms with Gasteiger partial charge < -0.3 is 5.32 Å². The molecule has 0 aliphatic rings. The summed E-state index contributed by atoms with van der Waals surface area (Å²) in [5, 5.41) is 3.55. The first-order valence-electron chi connectivity index (χ1n) is 6.30. The number of halogens is 2. The highest BCUT2D eigenvalue weighted by molar-refractivity contribution is 9.13. The Morgan fingerprint density at radius 3 is 2.53 bits per heavy atom. The molecule has 0 heterocycles. The molecule has 0 radical (unpaired) electrons. The second-order valence-electron chi connectivity index (χ2n) is 4.77. The Morgan fingerprint density at radius 2 is 1.84 bits per heavy atom. The van der Waals surface area contributed by atoms with E-state index in [1.807, 2.05) is 0 Å². The van der Waals surface area contributed by atoms with Crippen LogP contribution in [0, 0.1) is 6.92 Å². The quantitative estimate of drug-likeness (QED) is 0.749. The largest absolute Gasteiger partial charge is 0.306 e. The molecule has 0 amide bonds. The van der Waals surface area contributed by atoms with E-state index in [4.69, 9.17) is 0 Å². The van der Waals surface area contributed by atoms with Crippen molar-refractivity contribution in [2.24, 2.45) is 0 Å². The van der Waals surface area contributed by atoms with E-state index in [9.17, 15) is 0 Å². The number of aryl methyl sites for hydroxylation is 1. The lowest BCUT2D eigenvalue weighted by Crippen LogP contribution is -2.18. The predicted octanol–water partition coefficient (Wildman–Crippen LogP) is 5.37. The van der Waals surface area contributed by atoms with Crippen LogP contribution in [-0.2, 0) is 6.54 Å². The van der Waals surface area contributed by atoms with E-state index in [2.05, 4.69) is 93.5 Å². The maximum atomic E-state index is 3.55. The van der Waals surface area contributed by atoms with Crippen LogP contribution in [0.1, 0.15) is 29.7 Å². The highest BCUT2D eigenvalue weighted by Gasteiger charge is 2.05. The number of rotatable bonds is 4. The number of hydrogen-bond acceptors (Lipinski definition) is 1. The highest BCUT2D eigenvalue weighted by atomic mass is 79.9. The summed E-state index contributed by atoms with van der Waals surface area (Å²) in [5.41, 5.74) is 3.91. The molecule has 0 aliphatic heterocycles. The van der Waals surface area contributed by atoms with Crippen LogP contribution in [0.4, 0.5) is 0 Å². The van der Waals surface area contributed by atoms with Crippen molar-refractivity contribution in [3.63, 3.8) is 0 Å². The highest BCUT2D eigenvalue weighted by Crippen LogP contribution is 2.24. The Hall–Kier alpha value is -0.640. The van der Waals surface area contributed by atoms with Crippen LogP contribution in [-0.4, -0.2) is 0 Å². The summed E-state index contributed by atoms with van der Waals surface area (Å²) in [7, 11) is 0. The first-order chi connectivity index (χ1) is 9.06. The van der Waals surface area contributed by atoms with Crippen LogP contribution < -0.4 is 5.32 Å². The zero-order valence-corrected chi connectivity index (χ0v) is 14.3. The molecule has 2 aromatic carbocycles. The molecule has 100 valence electrons. The normalized spacial score (nSPS) is 12.4. The Bertz CT molecular complexity index is 566. The van der Waals surface area contributed by atoms with Gasteiger partial charge in [-0.15, -0.1) is 0 Å². The smallest absolute Gasteiger partial charge is 0.0320 e. The summed E-state index contributed by atoms with van der Waals surface area (Å²) >= 11 is 7.02. The van der Waals surface area contributed by atoms with Crippen molar-refractivity contribution >= 4 is 31.9 Å². The van der Waals surface area contributed by atoms with Gasteiger partial charge in [0, 0.05) is 21.5 Å². The standard InChI is InChI=1S/C16H17Br2N/c1-11-4-3-5-14(8-11)12(2)19-10-13-6-7-15(17)16(18)9-13/h3-9,12,19H,10H2,1-2H3/t12-/m0/s1. The summed E-state index contributed by atoms with van der Waals surface area (Å²) in [4.78, 5) is 0. The Balaban J connectivity index is 2.00. The fourth-order valence-electron chi connectivity index (χ4n) is 1.98. The maximum absolute atomic E-state index is 3.55. The van der Waals surface area contributed by atoms with E-state index in [-0.39, 0.29) is 0 Å². The number of hydrogen-bond donors (Lipinski definition) is 1. The van der Waals surface area contributed by atoms with Gasteiger partial charge in [-0.1, -0.05) is 35.9 Å². The lowest BCUT2D eigenvalue weighted by Gasteiger charge is -2.15. The van der Waals surface area contributed by atoms with Gasteiger partial charge in [0.2, 0.25) is 0 Å². The molecule has 2 rings (SSSR count). The zero-order valence-electron chi connectivity index (χ0n) is 11.1. The van der Waals surface area contributed by atoms with Gasteiger partial charge in [-0.25, -0.2) is 0 Å². The Morgan fingerprint density at radius 1 is 1.05 bits per heavy atom. The summed E-state index contributed by atoms with van der Waals surface area (Å²) in [5.74, 6) is 0. The maximum Gasteiger partial charge on any atom is 0.0320 e. The van der Waals surface area contributed by atoms with Crippen molar-refractivity contribution in [1.82, 2.24) is 5.32 Å². The lowest BCUT2D eigenvalue weighted by atomic mass is 10.1. The van der Waals surface area contributed by atoms with E-state index >= 15 is 0 Å². The molecule has 19 heavy (non-hydrogen) atoms. The summed E-state index contributed by atoms with van der Waals surface area (Å²) < 4.78 is 2.18. The van der Waals surface area contributed by atoms with Gasteiger partial charge >= 0.3 is 0 Å². The van der Waals surface area contributed by atoms with Crippen LogP contribution in [0.25, 0.3) is 0 Å². The second-order valence-corrected chi connectivity index (χ2v) is 6.47. The first kappa shape index (κ1) is 14.8. The molecule has 0 aromatic heterocycles. The topological polar surface area (TPSA) is 12.0 Å². The van der Waals surface area contributed by atoms with Crippen molar-refractivity contribution in [2.75, 3.05) is 0 Å². The Labute approximate surface area is 131 Å². The van der Waals surface area contributed by atoms with Crippen LogP contribution in [0.2, 0.25) is 0 Å². The van der Waals surface area contributed by atoms with Crippen LogP contribution in [0.3, 0.4) is 0 Å². The summed E-state index contributed by atoms with van der Waals surface area (Å²) in [6, 6.07) is 15.3. The molecule has 2 aromatic rings. The molecular weight excluding hydrogens is 366 g/mol. The average molecular weight is 383 g/mol. The van der Waals surface area contributed by atoms with Crippen molar-refractivity contribution in [2.45, 2.75) is 26.4 Å². The van der Waals surface area contributed by atoms with Gasteiger partial charge in [-0.05, 0) is 69.0 Å². The fraction of sp³-hybridized carbons (Fsp3) is 0.250. The van der Waals surface area contributed by atoms with Gasteiger partial charge in [-0.2, -0.15) is 0 Å². The molecule has 0 bridgehead atoms. The molecule has 0 saturated carbocycles. The molecule has 1 nitrogen and oxygen atoms in total. The molecule has 0 saturated heterocycles. The van der Waals surface area contributed by atoms with E-state index in [0.29, 0.717) is 6.04 Å². The molecule has 0 fully saturated rings. The van der Waals surface area contributed by atoms with E-state index in [0.717, 1.165) is 15.5 Å². The van der Waals surface area contributed by atoms with Crippen molar-refractivity contribution in [3.05, 3.63) is 68.1 Å². The third-order valence-corrected chi connectivity index (χ3v) is 5.02. The van der Waals surface area contributed by atoms with Gasteiger partial charge in [-0.3, -0.25) is 0 Å². The molecule has 3 heteroatoms. The molecule has 0 aliphatic carbocycles. The number of nitrogens with one attached hydrogen (secondary N) is 1. The monoisotopic (exact) mass is 381 g/mol. The van der Waals surface area contributed by atoms with Crippen LogP contribution >= 0.6 is 31.9 Å². The fourth-order valence-corrected chi connectivity index (χ4v) is 2.65. The van der Waals surface area contributed by atoms with Crippen molar-refractivity contribution < 1.29 is 0 Å². The van der Waals surface area contributed by atoms with Gasteiger partial charge in [0.1, 0.15) is 0 Å². The SMILES string of the molecule is Cc1cccc([C@H](C)NCc2ccc(Br)c(Br)c2)c1. The predicted molar refractivity (Wildman–Crippen MR) is 88.3 cm³/mol. The molecular formula is C16H17Br2N. The van der Waals surface area contributed by atoms with Crippen LogP contribution in [0.15, 0.2) is 51.4 Å². The van der Waals surface area contributed by atoms with E-state index < -0.39 is 0 Å². The molecule has 0 unspecified atom stereocenters. The zero-order chi connectivity index (χ0) is 13.8. The third kappa shape index (κ3) is 4.16. The van der Waals surface area contributed by atoms with Crippen LogP contribution in [0.5, 0.6) is 0 Å². The van der Waals surface area contributed by atoms with Crippen molar-refractivity contribution in [1.29, 1.82) is 0 Å². The molecule has 0 spiro atoms. The number of benzene rings is 2. The first-order valence-corrected chi connectivity index (χ1v) is 7.89. The lowest BCUT2D eigenvalue weighted by molar-refractivity contribution is 0.574. The third-order valence-electron chi connectivity index (χ3n) is 3.14. The minimum absolute atomic E-state index is 0.349.